The molecule has 0 unspecified atom stereocenters. The molecule has 3 heterocycles. The number of hydrogen-bond acceptors (Lipinski definition) is 2. The van der Waals surface area contributed by atoms with E-state index in [9.17, 15) is 4.79 Å². The Balaban J connectivity index is 1.47. The van der Waals surface area contributed by atoms with Gasteiger partial charge in [-0.2, -0.15) is 5.10 Å². The molecule has 0 bridgehead atoms. The van der Waals surface area contributed by atoms with Crippen molar-refractivity contribution in [2.24, 2.45) is 0 Å². The molecule has 0 saturated carbocycles. The summed E-state index contributed by atoms with van der Waals surface area (Å²) in [6, 6.07) is 10.4. The smallest absolute Gasteiger partial charge is 0.224 e. The lowest BCUT2D eigenvalue weighted by Crippen LogP contribution is -2.36. The zero-order chi connectivity index (χ0) is 16.7. The van der Waals surface area contributed by atoms with Crippen LogP contribution in [0.25, 0.3) is 10.9 Å². The lowest BCUT2D eigenvalue weighted by atomic mass is 10.0. The van der Waals surface area contributed by atoms with E-state index >= 15 is 0 Å². The first kappa shape index (κ1) is 15.0. The van der Waals surface area contributed by atoms with E-state index in [1.807, 2.05) is 35.6 Å². The number of hydrogen-bond donors (Lipinski definition) is 1. The summed E-state index contributed by atoms with van der Waals surface area (Å²) in [7, 11) is 0. The van der Waals surface area contributed by atoms with E-state index in [1.54, 1.807) is 0 Å². The van der Waals surface area contributed by atoms with Crippen molar-refractivity contribution in [2.75, 3.05) is 6.54 Å². The minimum Gasteiger partial charge on any atom is -0.358 e. The zero-order valence-corrected chi connectivity index (χ0v) is 14.2. The van der Waals surface area contributed by atoms with Gasteiger partial charge < -0.3 is 9.88 Å². The maximum atomic E-state index is 12.6. The van der Waals surface area contributed by atoms with Crippen LogP contribution in [0.4, 0.5) is 0 Å². The first-order chi connectivity index (χ1) is 11.6. The first-order valence-corrected chi connectivity index (χ1v) is 8.49. The van der Waals surface area contributed by atoms with Crippen LogP contribution in [0.15, 0.2) is 30.3 Å². The highest BCUT2D eigenvalue weighted by atomic mass is 16.2. The summed E-state index contributed by atoms with van der Waals surface area (Å²) in [5, 5.41) is 5.68. The molecule has 5 nitrogen and oxygen atoms in total. The Morgan fingerprint density at radius 1 is 1.29 bits per heavy atom. The van der Waals surface area contributed by atoms with Crippen molar-refractivity contribution < 1.29 is 4.79 Å². The van der Waals surface area contributed by atoms with E-state index < -0.39 is 0 Å². The molecule has 0 saturated heterocycles. The Morgan fingerprint density at radius 3 is 2.92 bits per heavy atom. The van der Waals surface area contributed by atoms with Gasteiger partial charge in [0, 0.05) is 60.3 Å². The average molecular weight is 322 g/mol. The Bertz CT molecular complexity index is 905. The van der Waals surface area contributed by atoms with Crippen molar-refractivity contribution in [1.29, 1.82) is 0 Å². The summed E-state index contributed by atoms with van der Waals surface area (Å²) in [5.41, 5.74) is 5.83. The molecule has 0 radical (unpaired) electrons. The SMILES string of the molecule is Cc1cc(C)n(CCC(=O)N2CCc3[nH]c4ccccc4c3C2)n1. The van der Waals surface area contributed by atoms with Crippen LogP contribution in [0.5, 0.6) is 0 Å². The standard InChI is InChI=1S/C19H22N4O/c1-13-11-14(2)23(21-13)10-8-19(24)22-9-7-18-16(12-22)15-5-3-4-6-17(15)20-18/h3-6,11,20H,7-10,12H2,1-2H3. The second-order valence-electron chi connectivity index (χ2n) is 6.59. The molecule has 0 aliphatic carbocycles. The van der Waals surface area contributed by atoms with Crippen LogP contribution in [0.3, 0.4) is 0 Å². The third-order valence-electron chi connectivity index (χ3n) is 4.88. The van der Waals surface area contributed by atoms with Gasteiger partial charge in [-0.3, -0.25) is 9.48 Å². The molecule has 1 aromatic carbocycles. The van der Waals surface area contributed by atoms with Gasteiger partial charge in [-0.25, -0.2) is 0 Å². The van der Waals surface area contributed by atoms with E-state index in [-0.39, 0.29) is 5.91 Å². The minimum atomic E-state index is 0.207. The Kier molecular flexibility index (Phi) is 3.63. The van der Waals surface area contributed by atoms with Crippen LogP contribution in [0, 0.1) is 13.8 Å². The monoisotopic (exact) mass is 322 g/mol. The molecule has 1 amide bonds. The zero-order valence-electron chi connectivity index (χ0n) is 14.2. The molecule has 0 atom stereocenters. The molecule has 5 heteroatoms. The number of rotatable bonds is 3. The fourth-order valence-corrected chi connectivity index (χ4v) is 3.64. The molecule has 0 spiro atoms. The van der Waals surface area contributed by atoms with Gasteiger partial charge in [0.1, 0.15) is 0 Å². The highest BCUT2D eigenvalue weighted by Gasteiger charge is 2.23. The number of nitrogens with one attached hydrogen (secondary N) is 1. The van der Waals surface area contributed by atoms with Crippen LogP contribution in [-0.4, -0.2) is 32.1 Å². The maximum Gasteiger partial charge on any atom is 0.224 e. The number of H-pyrrole nitrogens is 1. The Hall–Kier alpha value is -2.56. The van der Waals surface area contributed by atoms with E-state index in [4.69, 9.17) is 0 Å². The highest BCUT2D eigenvalue weighted by molar-refractivity contribution is 5.86. The number of nitrogens with zero attached hydrogens (tertiary/aromatic N) is 3. The van der Waals surface area contributed by atoms with Gasteiger partial charge in [-0.1, -0.05) is 18.2 Å². The second kappa shape index (κ2) is 5.82. The van der Waals surface area contributed by atoms with Crippen LogP contribution in [0.1, 0.15) is 29.1 Å². The number of aromatic amines is 1. The minimum absolute atomic E-state index is 0.207. The van der Waals surface area contributed by atoms with Gasteiger partial charge in [0.05, 0.1) is 5.69 Å². The number of benzene rings is 1. The molecule has 124 valence electrons. The van der Waals surface area contributed by atoms with Crippen molar-refractivity contribution in [2.45, 2.75) is 39.8 Å². The Morgan fingerprint density at radius 2 is 2.12 bits per heavy atom. The summed E-state index contributed by atoms with van der Waals surface area (Å²) in [6.45, 7) is 6.15. The number of aromatic nitrogens is 3. The average Bonchev–Trinajstić information content (AvgIpc) is 3.11. The first-order valence-electron chi connectivity index (χ1n) is 8.49. The van der Waals surface area contributed by atoms with Gasteiger partial charge in [-0.15, -0.1) is 0 Å². The largest absolute Gasteiger partial charge is 0.358 e. The van der Waals surface area contributed by atoms with Crippen LogP contribution < -0.4 is 0 Å². The Labute approximate surface area is 141 Å². The third kappa shape index (κ3) is 2.60. The normalized spacial score (nSPS) is 14.2. The molecule has 3 aromatic rings. The van der Waals surface area contributed by atoms with Crippen molar-refractivity contribution in [1.82, 2.24) is 19.7 Å². The highest BCUT2D eigenvalue weighted by Crippen LogP contribution is 2.27. The van der Waals surface area contributed by atoms with Gasteiger partial charge in [-0.05, 0) is 26.0 Å². The summed E-state index contributed by atoms with van der Waals surface area (Å²) in [6.07, 6.45) is 1.40. The maximum absolute atomic E-state index is 12.6. The van der Waals surface area contributed by atoms with Crippen molar-refractivity contribution in [3.8, 4) is 0 Å². The lowest BCUT2D eigenvalue weighted by molar-refractivity contribution is -0.132. The number of amides is 1. The number of carbonyl (C=O) groups excluding carboxylic acids is 1. The van der Waals surface area contributed by atoms with E-state index in [2.05, 4.69) is 28.3 Å². The molecule has 1 aliphatic rings. The van der Waals surface area contributed by atoms with Gasteiger partial charge in [0.25, 0.3) is 0 Å². The summed E-state index contributed by atoms with van der Waals surface area (Å²) >= 11 is 0. The fourth-order valence-electron chi connectivity index (χ4n) is 3.64. The molecule has 1 N–H and O–H groups in total. The second-order valence-corrected chi connectivity index (χ2v) is 6.59. The summed E-state index contributed by atoms with van der Waals surface area (Å²) in [4.78, 5) is 18.1. The molecule has 0 fully saturated rings. The van der Waals surface area contributed by atoms with Crippen molar-refractivity contribution in [3.63, 3.8) is 0 Å². The van der Waals surface area contributed by atoms with Crippen LogP contribution in [-0.2, 0) is 24.3 Å². The van der Waals surface area contributed by atoms with Crippen molar-refractivity contribution in [3.05, 3.63) is 53.0 Å². The molecule has 2 aromatic heterocycles. The summed E-state index contributed by atoms with van der Waals surface area (Å²) < 4.78 is 1.92. The number of para-hydroxylation sites is 1. The summed E-state index contributed by atoms with van der Waals surface area (Å²) in [5.74, 6) is 0.207. The predicted octanol–water partition coefficient (Wildman–Crippen LogP) is 2.96. The van der Waals surface area contributed by atoms with E-state index in [1.165, 1.54) is 22.2 Å². The fraction of sp³-hybridized carbons (Fsp3) is 0.368. The topological polar surface area (TPSA) is 53.9 Å². The van der Waals surface area contributed by atoms with Gasteiger partial charge >= 0.3 is 0 Å². The van der Waals surface area contributed by atoms with Crippen molar-refractivity contribution >= 4 is 16.8 Å². The molecular weight excluding hydrogens is 300 g/mol. The predicted molar refractivity (Wildman–Crippen MR) is 93.7 cm³/mol. The molecule has 24 heavy (non-hydrogen) atoms. The number of aryl methyl sites for hydroxylation is 3. The lowest BCUT2D eigenvalue weighted by Gasteiger charge is -2.27. The molecular formula is C19H22N4O. The number of fused-ring (bicyclic) bond motifs is 3. The van der Waals surface area contributed by atoms with E-state index in [0.29, 0.717) is 19.5 Å². The van der Waals surface area contributed by atoms with Crippen LogP contribution in [0.2, 0.25) is 0 Å². The van der Waals surface area contributed by atoms with Crippen LogP contribution >= 0.6 is 0 Å². The quantitative estimate of drug-likeness (QED) is 0.806. The molecule has 4 rings (SSSR count). The van der Waals surface area contributed by atoms with Gasteiger partial charge in [0.2, 0.25) is 5.91 Å². The third-order valence-corrected chi connectivity index (χ3v) is 4.88. The number of carbonyl (C=O) groups is 1. The molecule has 1 aliphatic heterocycles. The van der Waals surface area contributed by atoms with E-state index in [0.717, 1.165) is 24.4 Å². The van der Waals surface area contributed by atoms with Gasteiger partial charge in [0.15, 0.2) is 0 Å².